The molecule has 0 heterocycles. The number of allylic oxidation sites excluding steroid dienone is 4. The Morgan fingerprint density at radius 2 is 1.97 bits per heavy atom. The van der Waals surface area contributed by atoms with Crippen LogP contribution in [-0.4, -0.2) is 16.5 Å². The van der Waals surface area contributed by atoms with Crippen molar-refractivity contribution in [2.75, 3.05) is 0 Å². The molecule has 3 heteroatoms. The summed E-state index contributed by atoms with van der Waals surface area (Å²) < 4.78 is 14.7. The normalized spacial score (nSPS) is 35.4. The molecular formula is C30H35FO2. The Kier molecular flexibility index (Phi) is 5.44. The Hall–Kier alpha value is -2.18. The van der Waals surface area contributed by atoms with E-state index in [1.54, 1.807) is 13.0 Å². The van der Waals surface area contributed by atoms with Crippen molar-refractivity contribution in [3.8, 4) is 11.8 Å². The zero-order valence-electron chi connectivity index (χ0n) is 20.3. The molecule has 0 aromatic heterocycles. The highest BCUT2D eigenvalue weighted by Crippen LogP contribution is 2.66. The van der Waals surface area contributed by atoms with Gasteiger partial charge in [0.15, 0.2) is 5.78 Å². The number of halogens is 1. The zero-order valence-corrected chi connectivity index (χ0v) is 20.3. The fourth-order valence-corrected chi connectivity index (χ4v) is 7.26. The van der Waals surface area contributed by atoms with Gasteiger partial charge >= 0.3 is 0 Å². The van der Waals surface area contributed by atoms with Gasteiger partial charge in [0.25, 0.3) is 0 Å². The second kappa shape index (κ2) is 7.95. The van der Waals surface area contributed by atoms with Gasteiger partial charge in [0.05, 0.1) is 0 Å². The van der Waals surface area contributed by atoms with Gasteiger partial charge in [0.2, 0.25) is 0 Å². The summed E-state index contributed by atoms with van der Waals surface area (Å²) in [6.07, 6.45) is 7.57. The van der Waals surface area contributed by atoms with Gasteiger partial charge < -0.3 is 5.11 Å². The maximum absolute atomic E-state index is 14.7. The van der Waals surface area contributed by atoms with Gasteiger partial charge in [-0.2, -0.15) is 0 Å². The fourth-order valence-electron chi connectivity index (χ4n) is 7.26. The van der Waals surface area contributed by atoms with Gasteiger partial charge in [0, 0.05) is 23.7 Å². The number of carbonyl (C=O) groups is 1. The van der Waals surface area contributed by atoms with Crippen LogP contribution in [0.4, 0.5) is 4.39 Å². The van der Waals surface area contributed by atoms with Crippen LogP contribution >= 0.6 is 0 Å². The summed E-state index contributed by atoms with van der Waals surface area (Å²) >= 11 is 0. The van der Waals surface area contributed by atoms with Crippen LogP contribution in [0.25, 0.3) is 0 Å². The molecule has 174 valence electrons. The molecule has 0 amide bonds. The minimum atomic E-state index is -1.02. The quantitative estimate of drug-likeness (QED) is 0.505. The standard InChI is InChI=1S/C30H35FO2/c1-18(2)11-13-30(33)14-12-26-24-9-7-20-15-22(32)8-10-23(20)28(24)25(17-29(26,30)4)21-6-5-19(3)27(31)16-21/h5-6,15-16,18,24-26,33H,7-10,12,14,17H2,1-4H3/t24-,25+,26-,29-,30-/m0/s1. The van der Waals surface area contributed by atoms with Crippen molar-refractivity contribution in [3.05, 3.63) is 57.9 Å². The van der Waals surface area contributed by atoms with Crippen LogP contribution in [0.15, 0.2) is 41.0 Å². The number of aryl methyl sites for hydroxylation is 1. The second-order valence-corrected chi connectivity index (χ2v) is 11.3. The molecule has 1 aromatic rings. The van der Waals surface area contributed by atoms with Gasteiger partial charge in [-0.25, -0.2) is 4.39 Å². The number of benzene rings is 1. The number of hydrogen-bond donors (Lipinski definition) is 1. The topological polar surface area (TPSA) is 37.3 Å². The molecular weight excluding hydrogens is 411 g/mol. The first kappa shape index (κ1) is 22.6. The van der Waals surface area contributed by atoms with E-state index in [9.17, 15) is 14.3 Å². The smallest absolute Gasteiger partial charge is 0.156 e. The lowest BCUT2D eigenvalue weighted by molar-refractivity contribution is -0.114. The molecule has 0 radical (unpaired) electrons. The highest BCUT2D eigenvalue weighted by atomic mass is 19.1. The van der Waals surface area contributed by atoms with Crippen LogP contribution < -0.4 is 0 Å². The average Bonchev–Trinajstić information content (AvgIpc) is 3.04. The number of hydrogen-bond acceptors (Lipinski definition) is 2. The summed E-state index contributed by atoms with van der Waals surface area (Å²) in [6.45, 7) is 8.15. The summed E-state index contributed by atoms with van der Waals surface area (Å²) in [5, 5.41) is 11.9. The predicted octanol–water partition coefficient (Wildman–Crippen LogP) is 6.42. The van der Waals surface area contributed by atoms with E-state index in [0.717, 1.165) is 37.7 Å². The van der Waals surface area contributed by atoms with E-state index in [2.05, 4.69) is 38.7 Å². The lowest BCUT2D eigenvalue weighted by Crippen LogP contribution is -2.51. The summed E-state index contributed by atoms with van der Waals surface area (Å²) in [6, 6.07) is 5.65. The number of carbonyl (C=O) groups excluding carboxylic acids is 1. The number of aliphatic hydroxyl groups is 1. The van der Waals surface area contributed by atoms with Crippen molar-refractivity contribution in [1.29, 1.82) is 0 Å². The first-order valence-electron chi connectivity index (χ1n) is 12.6. The largest absolute Gasteiger partial charge is 0.377 e. The Morgan fingerprint density at radius 1 is 1.18 bits per heavy atom. The molecule has 1 N–H and O–H groups in total. The van der Waals surface area contributed by atoms with Crippen LogP contribution in [0.1, 0.15) is 82.8 Å². The molecule has 4 aliphatic carbocycles. The summed E-state index contributed by atoms with van der Waals surface area (Å²) in [7, 11) is 0. The third kappa shape index (κ3) is 3.53. The lowest BCUT2D eigenvalue weighted by atomic mass is 9.51. The maximum atomic E-state index is 14.7. The Labute approximate surface area is 197 Å². The van der Waals surface area contributed by atoms with Crippen molar-refractivity contribution in [2.24, 2.45) is 23.2 Å². The molecule has 2 fully saturated rings. The monoisotopic (exact) mass is 446 g/mol. The third-order valence-electron chi connectivity index (χ3n) is 9.05. The molecule has 2 saturated carbocycles. The van der Waals surface area contributed by atoms with Gasteiger partial charge in [-0.05, 0) is 91.7 Å². The predicted molar refractivity (Wildman–Crippen MR) is 129 cm³/mol. The first-order valence-corrected chi connectivity index (χ1v) is 12.6. The average molecular weight is 447 g/mol. The van der Waals surface area contributed by atoms with Gasteiger partial charge in [-0.15, -0.1) is 0 Å². The van der Waals surface area contributed by atoms with Gasteiger partial charge in [0.1, 0.15) is 11.4 Å². The van der Waals surface area contributed by atoms with E-state index < -0.39 is 5.60 Å². The van der Waals surface area contributed by atoms with Gasteiger partial charge in [-0.3, -0.25) is 4.79 Å². The van der Waals surface area contributed by atoms with E-state index in [4.69, 9.17) is 0 Å². The van der Waals surface area contributed by atoms with Crippen molar-refractivity contribution in [3.63, 3.8) is 0 Å². The number of rotatable bonds is 1. The van der Waals surface area contributed by atoms with E-state index in [0.29, 0.717) is 30.2 Å². The van der Waals surface area contributed by atoms with Crippen molar-refractivity contribution in [2.45, 2.75) is 84.2 Å². The van der Waals surface area contributed by atoms with E-state index in [-0.39, 0.29) is 28.9 Å². The fraction of sp³-hybridized carbons (Fsp3) is 0.567. The van der Waals surface area contributed by atoms with Crippen molar-refractivity contribution in [1.82, 2.24) is 0 Å². The van der Waals surface area contributed by atoms with Crippen LogP contribution in [0.2, 0.25) is 0 Å². The molecule has 0 saturated heterocycles. The van der Waals surface area contributed by atoms with Crippen LogP contribution in [-0.2, 0) is 4.79 Å². The molecule has 33 heavy (non-hydrogen) atoms. The molecule has 4 aliphatic rings. The Bertz CT molecular complexity index is 1130. The van der Waals surface area contributed by atoms with Crippen LogP contribution in [0, 0.1) is 47.8 Å². The summed E-state index contributed by atoms with van der Waals surface area (Å²) in [5.41, 5.74) is 4.26. The SMILES string of the molecule is Cc1ccc([C@H]2C[C@@]3(C)[C@@H](CC[C@@]3(O)C#CC(C)C)[C@@H]3CCC4=CC(=O)CCC4=C32)cc1F. The van der Waals surface area contributed by atoms with E-state index in [1.807, 2.05) is 12.1 Å². The van der Waals surface area contributed by atoms with Gasteiger partial charge in [-0.1, -0.05) is 50.3 Å². The third-order valence-corrected chi connectivity index (χ3v) is 9.05. The van der Waals surface area contributed by atoms with Crippen molar-refractivity contribution < 1.29 is 14.3 Å². The molecule has 1 aromatic carbocycles. The minimum Gasteiger partial charge on any atom is -0.377 e. The lowest BCUT2D eigenvalue weighted by Gasteiger charge is -2.53. The summed E-state index contributed by atoms with van der Waals surface area (Å²) in [5.74, 6) is 7.59. The molecule has 5 atom stereocenters. The molecule has 2 nitrogen and oxygen atoms in total. The molecule has 0 unspecified atom stereocenters. The van der Waals surface area contributed by atoms with Crippen LogP contribution in [0.3, 0.4) is 0 Å². The maximum Gasteiger partial charge on any atom is 0.156 e. The Balaban J connectivity index is 1.68. The summed E-state index contributed by atoms with van der Waals surface area (Å²) in [4.78, 5) is 12.2. The van der Waals surface area contributed by atoms with E-state index >= 15 is 0 Å². The number of fused-ring (bicyclic) bond motifs is 4. The minimum absolute atomic E-state index is 0.0451. The van der Waals surface area contributed by atoms with Crippen molar-refractivity contribution >= 4 is 5.78 Å². The molecule has 5 rings (SSSR count). The molecule has 0 spiro atoms. The molecule has 0 aliphatic heterocycles. The highest BCUT2D eigenvalue weighted by Gasteiger charge is 2.62. The number of ketones is 1. The Morgan fingerprint density at radius 3 is 2.70 bits per heavy atom. The molecule has 0 bridgehead atoms. The zero-order chi connectivity index (χ0) is 23.5. The highest BCUT2D eigenvalue weighted by molar-refractivity contribution is 5.93. The second-order valence-electron chi connectivity index (χ2n) is 11.3. The van der Waals surface area contributed by atoms with E-state index in [1.165, 1.54) is 16.7 Å². The first-order chi connectivity index (χ1) is 15.6. The van der Waals surface area contributed by atoms with Crippen LogP contribution in [0.5, 0.6) is 0 Å².